The molecule has 0 heteroatoms. The number of hydrogen-bond donors (Lipinski definition) is 0. The van der Waals surface area contributed by atoms with Gasteiger partial charge in [-0.15, -0.1) is 0 Å². The molecule has 1 fully saturated rings. The summed E-state index contributed by atoms with van der Waals surface area (Å²) in [4.78, 5) is 0. The summed E-state index contributed by atoms with van der Waals surface area (Å²) in [6, 6.07) is 0. The van der Waals surface area contributed by atoms with Crippen LogP contribution in [0.2, 0.25) is 0 Å². The summed E-state index contributed by atoms with van der Waals surface area (Å²) in [5.41, 5.74) is 0.595. The Bertz CT molecular complexity index is 158. The van der Waals surface area contributed by atoms with E-state index in [9.17, 15) is 0 Å². The maximum Gasteiger partial charge on any atom is -0.0200 e. The molecule has 0 aromatic carbocycles. The molecule has 0 aromatic heterocycles. The Balaban J connectivity index is 3.02. The second kappa shape index (κ2) is 4.24. The van der Waals surface area contributed by atoms with Gasteiger partial charge in [-0.3, -0.25) is 0 Å². The molecular formula is C14H28. The Morgan fingerprint density at radius 3 is 1.43 bits per heavy atom. The fourth-order valence-corrected chi connectivity index (χ4v) is 4.66. The van der Waals surface area contributed by atoms with Crippen LogP contribution in [-0.2, 0) is 0 Å². The van der Waals surface area contributed by atoms with E-state index >= 15 is 0 Å². The second-order valence-corrected chi connectivity index (χ2v) is 6.04. The van der Waals surface area contributed by atoms with Gasteiger partial charge < -0.3 is 0 Å². The van der Waals surface area contributed by atoms with Gasteiger partial charge in [-0.1, -0.05) is 60.8 Å². The highest BCUT2D eigenvalue weighted by molar-refractivity contribution is 4.96. The van der Waals surface area contributed by atoms with Crippen molar-refractivity contribution < 1.29 is 0 Å². The normalized spacial score (nSPS) is 32.6. The van der Waals surface area contributed by atoms with E-state index in [-0.39, 0.29) is 0 Å². The summed E-state index contributed by atoms with van der Waals surface area (Å²) >= 11 is 0. The first-order valence-corrected chi connectivity index (χ1v) is 6.44. The van der Waals surface area contributed by atoms with Crippen molar-refractivity contribution in [2.75, 3.05) is 0 Å². The first kappa shape index (κ1) is 12.1. The minimum absolute atomic E-state index is 0.595. The van der Waals surface area contributed by atoms with Gasteiger partial charge in [0.2, 0.25) is 0 Å². The molecule has 14 heavy (non-hydrogen) atoms. The summed E-state index contributed by atoms with van der Waals surface area (Å²) < 4.78 is 0. The number of rotatable bonds is 2. The van der Waals surface area contributed by atoms with Crippen LogP contribution >= 0.6 is 0 Å². The molecule has 1 aliphatic rings. The van der Waals surface area contributed by atoms with Crippen LogP contribution in [0.3, 0.4) is 0 Å². The predicted molar refractivity (Wildman–Crippen MR) is 64.3 cm³/mol. The maximum absolute atomic E-state index is 2.48. The lowest BCUT2D eigenvalue weighted by Gasteiger charge is -2.54. The van der Waals surface area contributed by atoms with E-state index in [0.717, 1.165) is 23.7 Å². The minimum atomic E-state index is 0.595. The van der Waals surface area contributed by atoms with E-state index in [2.05, 4.69) is 41.5 Å². The Labute approximate surface area is 90.5 Å². The molecule has 0 amide bonds. The van der Waals surface area contributed by atoms with Gasteiger partial charge in [0.25, 0.3) is 0 Å². The van der Waals surface area contributed by atoms with Crippen LogP contribution in [0.5, 0.6) is 0 Å². The van der Waals surface area contributed by atoms with Crippen LogP contribution in [0.1, 0.15) is 60.8 Å². The Kier molecular flexibility index (Phi) is 3.66. The smallest absolute Gasteiger partial charge is 0.0200 e. The summed E-state index contributed by atoms with van der Waals surface area (Å²) in [5, 5.41) is 0. The topological polar surface area (TPSA) is 0 Å². The fraction of sp³-hybridized carbons (Fsp3) is 1.00. The highest BCUT2D eigenvalue weighted by Crippen LogP contribution is 2.54. The Hall–Kier alpha value is 0. The van der Waals surface area contributed by atoms with Crippen LogP contribution in [0, 0.1) is 29.1 Å². The van der Waals surface area contributed by atoms with Gasteiger partial charge in [0, 0.05) is 0 Å². The zero-order chi connectivity index (χ0) is 10.9. The average Bonchev–Trinajstić information content (AvgIpc) is 2.02. The van der Waals surface area contributed by atoms with Gasteiger partial charge >= 0.3 is 0 Å². The Morgan fingerprint density at radius 2 is 1.21 bits per heavy atom. The van der Waals surface area contributed by atoms with E-state index in [0.29, 0.717) is 5.41 Å². The van der Waals surface area contributed by atoms with Gasteiger partial charge in [-0.05, 0) is 29.1 Å². The molecule has 0 radical (unpaired) electrons. The van der Waals surface area contributed by atoms with Gasteiger partial charge in [0.1, 0.15) is 0 Å². The van der Waals surface area contributed by atoms with Crippen molar-refractivity contribution in [2.45, 2.75) is 60.8 Å². The van der Waals surface area contributed by atoms with Crippen molar-refractivity contribution in [1.82, 2.24) is 0 Å². The highest BCUT2D eigenvalue weighted by Gasteiger charge is 2.47. The van der Waals surface area contributed by atoms with Gasteiger partial charge in [0.05, 0.1) is 0 Å². The second-order valence-electron chi connectivity index (χ2n) is 6.04. The average molecular weight is 196 g/mol. The SMILES string of the molecule is CC(C)C1(C(C)C)[C@H](C)CCC[C@@H]1C. The largest absolute Gasteiger partial charge is 0.0622 e. The van der Waals surface area contributed by atoms with E-state index in [4.69, 9.17) is 0 Å². The first-order valence-electron chi connectivity index (χ1n) is 6.44. The van der Waals surface area contributed by atoms with Crippen molar-refractivity contribution in [3.63, 3.8) is 0 Å². The molecule has 84 valence electrons. The summed E-state index contributed by atoms with van der Waals surface area (Å²) in [6.07, 6.45) is 4.34. The zero-order valence-corrected chi connectivity index (χ0v) is 10.9. The fourth-order valence-electron chi connectivity index (χ4n) is 4.66. The lowest BCUT2D eigenvalue weighted by Crippen LogP contribution is -2.47. The van der Waals surface area contributed by atoms with Crippen LogP contribution in [0.25, 0.3) is 0 Å². The molecule has 0 saturated heterocycles. The van der Waals surface area contributed by atoms with Crippen molar-refractivity contribution in [2.24, 2.45) is 29.1 Å². The molecule has 0 nitrogen and oxygen atoms in total. The molecule has 2 atom stereocenters. The van der Waals surface area contributed by atoms with Gasteiger partial charge in [0.15, 0.2) is 0 Å². The van der Waals surface area contributed by atoms with Crippen LogP contribution < -0.4 is 0 Å². The molecule has 0 N–H and O–H groups in total. The monoisotopic (exact) mass is 196 g/mol. The summed E-state index contributed by atoms with van der Waals surface area (Å²) in [7, 11) is 0. The zero-order valence-electron chi connectivity index (χ0n) is 10.9. The third-order valence-corrected chi connectivity index (χ3v) is 4.98. The van der Waals surface area contributed by atoms with Crippen LogP contribution in [0.15, 0.2) is 0 Å². The van der Waals surface area contributed by atoms with E-state index in [1.807, 2.05) is 0 Å². The minimum Gasteiger partial charge on any atom is -0.0622 e. The summed E-state index contributed by atoms with van der Waals surface area (Å²) in [6.45, 7) is 14.7. The van der Waals surface area contributed by atoms with Gasteiger partial charge in [-0.25, -0.2) is 0 Å². The van der Waals surface area contributed by atoms with Crippen LogP contribution in [-0.4, -0.2) is 0 Å². The van der Waals surface area contributed by atoms with Crippen LogP contribution in [0.4, 0.5) is 0 Å². The first-order chi connectivity index (χ1) is 6.44. The standard InChI is InChI=1S/C14H28/c1-10(2)14(11(3)4)12(5)8-7-9-13(14)6/h10-13H,7-9H2,1-6H3/t12-,13+. The van der Waals surface area contributed by atoms with Crippen molar-refractivity contribution in [3.8, 4) is 0 Å². The van der Waals surface area contributed by atoms with Crippen molar-refractivity contribution in [1.29, 1.82) is 0 Å². The quantitative estimate of drug-likeness (QED) is 0.598. The molecule has 0 aliphatic heterocycles. The molecule has 1 aliphatic carbocycles. The maximum atomic E-state index is 2.48. The third-order valence-electron chi connectivity index (χ3n) is 4.98. The molecule has 0 unspecified atom stereocenters. The van der Waals surface area contributed by atoms with Crippen molar-refractivity contribution in [3.05, 3.63) is 0 Å². The Morgan fingerprint density at radius 1 is 0.857 bits per heavy atom. The summed E-state index contributed by atoms with van der Waals surface area (Å²) in [5.74, 6) is 3.47. The molecule has 1 rings (SSSR count). The molecule has 1 saturated carbocycles. The molecular weight excluding hydrogens is 168 g/mol. The van der Waals surface area contributed by atoms with Crippen molar-refractivity contribution >= 4 is 0 Å². The lowest BCUT2D eigenvalue weighted by atomic mass is 9.51. The lowest BCUT2D eigenvalue weighted by molar-refractivity contribution is -0.0497. The third kappa shape index (κ3) is 1.61. The molecule has 0 bridgehead atoms. The molecule has 0 spiro atoms. The molecule has 0 heterocycles. The van der Waals surface area contributed by atoms with E-state index < -0.39 is 0 Å². The highest BCUT2D eigenvalue weighted by atomic mass is 14.5. The predicted octanol–water partition coefficient (Wildman–Crippen LogP) is 4.74. The van der Waals surface area contributed by atoms with E-state index in [1.165, 1.54) is 19.3 Å². The molecule has 0 aromatic rings. The van der Waals surface area contributed by atoms with E-state index in [1.54, 1.807) is 0 Å². The van der Waals surface area contributed by atoms with Gasteiger partial charge in [-0.2, -0.15) is 0 Å². The number of hydrogen-bond acceptors (Lipinski definition) is 0.